The Morgan fingerprint density at radius 2 is 1.37 bits per heavy atom. The van der Waals surface area contributed by atoms with Crippen molar-refractivity contribution in [2.75, 3.05) is 33.9 Å². The Morgan fingerprint density at radius 1 is 0.826 bits per heavy atom. The standard InChI is InChI=1S/C19H28N6O5S2.2C7H8/c1-25(9-14-7-20-12-31-14)18(27)24-16(11-29-2)17(26)22-5-3-4-6-23-19(28)30-10-15-8-21-13-32-15;2*1-7-5-3-2-4-6-7/h7-8,12-13,16H,3-6,9-11H2,1-2H3,(H,22,26)(H,23,28)(H,24,27);2*2-6H,1H3. The van der Waals surface area contributed by atoms with Gasteiger partial charge in [0.15, 0.2) is 0 Å². The SMILES string of the molecule is COCC(NC(=O)N(C)Cc1cncs1)C(=O)NCCCCNC(=O)OCc1cncs1.Cc1ccccc1.Cc1ccccc1. The van der Waals surface area contributed by atoms with Crippen LogP contribution in [0, 0.1) is 13.8 Å². The first-order valence-electron chi connectivity index (χ1n) is 14.8. The molecule has 4 aromatic rings. The second-order valence-corrected chi connectivity index (χ2v) is 12.0. The van der Waals surface area contributed by atoms with Gasteiger partial charge >= 0.3 is 12.1 Å². The highest BCUT2D eigenvalue weighted by atomic mass is 32.1. The zero-order valence-electron chi connectivity index (χ0n) is 26.8. The summed E-state index contributed by atoms with van der Waals surface area (Å²) in [6, 6.07) is 19.3. The van der Waals surface area contributed by atoms with Crippen LogP contribution in [0.4, 0.5) is 9.59 Å². The third-order valence-electron chi connectivity index (χ3n) is 6.05. The number of thiazole rings is 2. The zero-order valence-corrected chi connectivity index (χ0v) is 28.4. The van der Waals surface area contributed by atoms with E-state index in [1.807, 2.05) is 36.4 Å². The van der Waals surface area contributed by atoms with Crippen molar-refractivity contribution in [3.8, 4) is 0 Å². The van der Waals surface area contributed by atoms with Crippen LogP contribution in [0.3, 0.4) is 0 Å². The fourth-order valence-electron chi connectivity index (χ4n) is 3.58. The van der Waals surface area contributed by atoms with Crippen molar-refractivity contribution < 1.29 is 23.9 Å². The molecule has 2 heterocycles. The van der Waals surface area contributed by atoms with Crippen LogP contribution in [0.2, 0.25) is 0 Å². The topological polar surface area (TPSA) is 135 Å². The van der Waals surface area contributed by atoms with E-state index in [4.69, 9.17) is 9.47 Å². The first-order valence-corrected chi connectivity index (χ1v) is 16.5. The molecule has 1 atom stereocenters. The lowest BCUT2D eigenvalue weighted by atomic mass is 10.2. The molecule has 0 saturated carbocycles. The fourth-order valence-corrected chi connectivity index (χ4v) is 4.73. The summed E-state index contributed by atoms with van der Waals surface area (Å²) >= 11 is 2.87. The van der Waals surface area contributed by atoms with Crippen molar-refractivity contribution in [2.45, 2.75) is 45.9 Å². The quantitative estimate of drug-likeness (QED) is 0.159. The molecule has 4 amide bonds. The van der Waals surface area contributed by atoms with Crippen LogP contribution in [0.1, 0.15) is 33.7 Å². The van der Waals surface area contributed by atoms with Crippen LogP contribution in [0.15, 0.2) is 84.1 Å². The van der Waals surface area contributed by atoms with Crippen LogP contribution >= 0.6 is 22.7 Å². The molecule has 2 aromatic heterocycles. The minimum absolute atomic E-state index is 0.0547. The van der Waals surface area contributed by atoms with Gasteiger partial charge in [-0.3, -0.25) is 14.8 Å². The summed E-state index contributed by atoms with van der Waals surface area (Å²) in [6.45, 7) is 5.65. The van der Waals surface area contributed by atoms with Gasteiger partial charge in [-0.05, 0) is 26.7 Å². The lowest BCUT2D eigenvalue weighted by Gasteiger charge is -2.22. The van der Waals surface area contributed by atoms with Gasteiger partial charge < -0.3 is 30.3 Å². The lowest BCUT2D eigenvalue weighted by Crippen LogP contribution is -2.52. The number of nitrogens with zero attached hydrogens (tertiary/aromatic N) is 3. The molecule has 248 valence electrons. The van der Waals surface area contributed by atoms with E-state index in [1.165, 1.54) is 45.8 Å². The lowest BCUT2D eigenvalue weighted by molar-refractivity contribution is -0.124. The number of carbonyl (C=O) groups is 3. The number of carbonyl (C=O) groups excluding carboxylic acids is 3. The molecule has 0 spiro atoms. The first kappa shape index (κ1) is 37.9. The predicted octanol–water partition coefficient (Wildman–Crippen LogP) is 5.57. The van der Waals surface area contributed by atoms with Gasteiger partial charge in [0, 0.05) is 44.5 Å². The van der Waals surface area contributed by atoms with E-state index in [0.29, 0.717) is 32.5 Å². The Kier molecular flexibility index (Phi) is 19.0. The third kappa shape index (κ3) is 17.2. The van der Waals surface area contributed by atoms with Crippen molar-refractivity contribution in [1.82, 2.24) is 30.8 Å². The molecule has 13 heteroatoms. The average Bonchev–Trinajstić information content (AvgIpc) is 3.78. The summed E-state index contributed by atoms with van der Waals surface area (Å²) in [4.78, 5) is 47.6. The van der Waals surface area contributed by atoms with Crippen molar-refractivity contribution in [2.24, 2.45) is 0 Å². The molecule has 0 fully saturated rings. The van der Waals surface area contributed by atoms with E-state index in [9.17, 15) is 14.4 Å². The summed E-state index contributed by atoms with van der Waals surface area (Å²) in [5.41, 5.74) is 6.02. The van der Waals surface area contributed by atoms with Crippen molar-refractivity contribution >= 4 is 40.7 Å². The second kappa shape index (κ2) is 23.1. The Labute approximate surface area is 279 Å². The fraction of sp³-hybridized carbons (Fsp3) is 0.364. The molecule has 0 aliphatic heterocycles. The van der Waals surface area contributed by atoms with Gasteiger partial charge in [0.25, 0.3) is 0 Å². The van der Waals surface area contributed by atoms with Gasteiger partial charge in [-0.1, -0.05) is 71.8 Å². The Hall–Kier alpha value is -4.33. The number of nitrogens with one attached hydrogen (secondary N) is 3. The number of aromatic nitrogens is 2. The second-order valence-electron chi connectivity index (χ2n) is 10.1. The van der Waals surface area contributed by atoms with Gasteiger partial charge in [-0.2, -0.15) is 0 Å². The zero-order chi connectivity index (χ0) is 33.4. The number of hydrogen-bond acceptors (Lipinski definition) is 9. The smallest absolute Gasteiger partial charge is 0.407 e. The normalized spacial score (nSPS) is 10.6. The largest absolute Gasteiger partial charge is 0.444 e. The first-order chi connectivity index (χ1) is 22.3. The van der Waals surface area contributed by atoms with Crippen LogP contribution in [-0.2, 0) is 27.4 Å². The number of ether oxygens (including phenoxy) is 2. The number of hydrogen-bond donors (Lipinski definition) is 3. The molecule has 0 aliphatic rings. The van der Waals surface area contributed by atoms with E-state index in [1.54, 1.807) is 30.5 Å². The highest BCUT2D eigenvalue weighted by Gasteiger charge is 2.22. The predicted molar refractivity (Wildman–Crippen MR) is 183 cm³/mol. The molecular formula is C33H44N6O5S2. The summed E-state index contributed by atoms with van der Waals surface area (Å²) in [7, 11) is 3.11. The number of amides is 4. The van der Waals surface area contributed by atoms with Gasteiger partial charge in [0.05, 0.1) is 29.0 Å². The number of benzene rings is 2. The summed E-state index contributed by atoms with van der Waals surface area (Å²) in [6.07, 6.45) is 4.17. The highest BCUT2D eigenvalue weighted by Crippen LogP contribution is 2.09. The number of unbranched alkanes of at least 4 members (excludes halogenated alkanes) is 1. The Morgan fingerprint density at radius 3 is 1.85 bits per heavy atom. The molecule has 0 bridgehead atoms. The Bertz CT molecular complexity index is 1320. The molecular weight excluding hydrogens is 625 g/mol. The van der Waals surface area contributed by atoms with Crippen molar-refractivity contribution in [3.63, 3.8) is 0 Å². The molecule has 1 unspecified atom stereocenters. The minimum Gasteiger partial charge on any atom is -0.444 e. The van der Waals surface area contributed by atoms with E-state index < -0.39 is 12.1 Å². The Balaban J connectivity index is 0.000000426. The number of alkyl carbamates (subject to hydrolysis) is 1. The van der Waals surface area contributed by atoms with Crippen molar-refractivity contribution in [1.29, 1.82) is 0 Å². The van der Waals surface area contributed by atoms with Crippen LogP contribution < -0.4 is 16.0 Å². The maximum Gasteiger partial charge on any atom is 0.407 e. The molecule has 11 nitrogen and oxygen atoms in total. The van der Waals surface area contributed by atoms with E-state index >= 15 is 0 Å². The van der Waals surface area contributed by atoms with Crippen LogP contribution in [0.5, 0.6) is 0 Å². The van der Waals surface area contributed by atoms with E-state index in [2.05, 4.69) is 64.0 Å². The minimum atomic E-state index is -0.809. The molecule has 3 N–H and O–H groups in total. The van der Waals surface area contributed by atoms with Gasteiger partial charge in [0.2, 0.25) is 5.91 Å². The molecule has 2 aromatic carbocycles. The highest BCUT2D eigenvalue weighted by molar-refractivity contribution is 7.09. The van der Waals surface area contributed by atoms with Gasteiger partial charge in [-0.25, -0.2) is 9.59 Å². The molecule has 46 heavy (non-hydrogen) atoms. The maximum atomic E-state index is 12.4. The molecule has 4 rings (SSSR count). The number of aryl methyl sites for hydroxylation is 2. The van der Waals surface area contributed by atoms with Crippen LogP contribution in [0.25, 0.3) is 0 Å². The number of rotatable bonds is 13. The summed E-state index contributed by atoms with van der Waals surface area (Å²) in [5.74, 6) is -0.330. The van der Waals surface area contributed by atoms with Gasteiger partial charge in [0.1, 0.15) is 12.6 Å². The van der Waals surface area contributed by atoms with Gasteiger partial charge in [-0.15, -0.1) is 22.7 Å². The number of methoxy groups -OCH3 is 1. The average molecular weight is 669 g/mol. The van der Waals surface area contributed by atoms with E-state index in [0.717, 1.165) is 9.75 Å². The molecule has 0 aliphatic carbocycles. The van der Waals surface area contributed by atoms with Crippen molar-refractivity contribution in [3.05, 3.63) is 105 Å². The van der Waals surface area contributed by atoms with E-state index in [-0.39, 0.29) is 25.2 Å². The van der Waals surface area contributed by atoms with Crippen LogP contribution in [-0.4, -0.2) is 72.8 Å². The summed E-state index contributed by atoms with van der Waals surface area (Å²) < 4.78 is 10.1. The number of urea groups is 1. The summed E-state index contributed by atoms with van der Waals surface area (Å²) in [5, 5.41) is 8.12. The third-order valence-corrected chi connectivity index (χ3v) is 7.57. The molecule has 0 radical (unpaired) electrons. The monoisotopic (exact) mass is 668 g/mol. The maximum absolute atomic E-state index is 12.4. The molecule has 0 saturated heterocycles.